The standard InChI is InChI=1S/C20H22N4OS/c1-4-18-22-23-20(24(18)3)26-14(2)19(25)21-17-13-9-8-12-16(17)15-10-6-5-7-11-15/h5-14H,4H2,1-3H3,(H,21,25). The van der Waals surface area contributed by atoms with Crippen molar-refractivity contribution in [2.24, 2.45) is 7.05 Å². The van der Waals surface area contributed by atoms with Crippen LogP contribution in [0.4, 0.5) is 5.69 Å². The van der Waals surface area contributed by atoms with E-state index in [2.05, 4.69) is 15.5 Å². The predicted molar refractivity (Wildman–Crippen MR) is 106 cm³/mol. The average Bonchev–Trinajstić information content (AvgIpc) is 3.02. The monoisotopic (exact) mass is 366 g/mol. The van der Waals surface area contributed by atoms with Crippen molar-refractivity contribution < 1.29 is 4.79 Å². The van der Waals surface area contributed by atoms with Crippen LogP contribution in [0, 0.1) is 0 Å². The summed E-state index contributed by atoms with van der Waals surface area (Å²) in [5.74, 6) is 0.856. The molecule has 6 heteroatoms. The zero-order chi connectivity index (χ0) is 18.5. The average molecular weight is 366 g/mol. The molecule has 3 aromatic rings. The second-order valence-electron chi connectivity index (χ2n) is 5.97. The number of benzene rings is 2. The lowest BCUT2D eigenvalue weighted by Gasteiger charge is -2.14. The molecule has 1 heterocycles. The van der Waals surface area contributed by atoms with Crippen LogP contribution in [0.3, 0.4) is 0 Å². The van der Waals surface area contributed by atoms with Gasteiger partial charge in [-0.2, -0.15) is 0 Å². The van der Waals surface area contributed by atoms with E-state index in [1.165, 1.54) is 11.8 Å². The van der Waals surface area contributed by atoms with Gasteiger partial charge in [0.2, 0.25) is 5.91 Å². The highest BCUT2D eigenvalue weighted by atomic mass is 32.2. The summed E-state index contributed by atoms with van der Waals surface area (Å²) in [7, 11) is 1.93. The molecule has 1 amide bonds. The van der Waals surface area contributed by atoms with Crippen LogP contribution in [-0.4, -0.2) is 25.9 Å². The van der Waals surface area contributed by atoms with Crippen LogP contribution in [0.2, 0.25) is 0 Å². The van der Waals surface area contributed by atoms with Gasteiger partial charge >= 0.3 is 0 Å². The number of aromatic nitrogens is 3. The van der Waals surface area contributed by atoms with Crippen molar-refractivity contribution in [3.05, 3.63) is 60.4 Å². The molecule has 1 aromatic heterocycles. The van der Waals surface area contributed by atoms with E-state index in [4.69, 9.17) is 0 Å². The minimum atomic E-state index is -0.286. The molecule has 0 aliphatic heterocycles. The Bertz CT molecular complexity index is 892. The molecular formula is C20H22N4OS. The molecule has 3 rings (SSSR count). The van der Waals surface area contributed by atoms with Crippen LogP contribution in [0.25, 0.3) is 11.1 Å². The number of amides is 1. The van der Waals surface area contributed by atoms with Gasteiger partial charge in [0.25, 0.3) is 0 Å². The number of thioether (sulfide) groups is 1. The molecule has 1 atom stereocenters. The summed E-state index contributed by atoms with van der Waals surface area (Å²) in [6.45, 7) is 3.92. The van der Waals surface area contributed by atoms with E-state index in [-0.39, 0.29) is 11.2 Å². The quantitative estimate of drug-likeness (QED) is 0.665. The maximum absolute atomic E-state index is 12.7. The number of carbonyl (C=O) groups excluding carboxylic acids is 1. The Morgan fingerprint density at radius 3 is 2.50 bits per heavy atom. The topological polar surface area (TPSA) is 59.8 Å². The lowest BCUT2D eigenvalue weighted by molar-refractivity contribution is -0.115. The van der Waals surface area contributed by atoms with Gasteiger partial charge in [-0.1, -0.05) is 67.2 Å². The SMILES string of the molecule is CCc1nnc(SC(C)C(=O)Nc2ccccc2-c2ccccc2)n1C. The zero-order valence-corrected chi connectivity index (χ0v) is 16.0. The largest absolute Gasteiger partial charge is 0.325 e. The van der Waals surface area contributed by atoms with E-state index in [9.17, 15) is 4.79 Å². The van der Waals surface area contributed by atoms with Crippen LogP contribution in [0.5, 0.6) is 0 Å². The fourth-order valence-corrected chi connectivity index (χ4v) is 3.50. The summed E-state index contributed by atoms with van der Waals surface area (Å²) in [6, 6.07) is 17.9. The lowest BCUT2D eigenvalue weighted by Crippen LogP contribution is -2.23. The van der Waals surface area contributed by atoms with Gasteiger partial charge in [-0.05, 0) is 18.6 Å². The van der Waals surface area contributed by atoms with Crippen LogP contribution < -0.4 is 5.32 Å². The Morgan fingerprint density at radius 1 is 1.12 bits per heavy atom. The summed E-state index contributed by atoms with van der Waals surface area (Å²) in [5.41, 5.74) is 2.89. The van der Waals surface area contributed by atoms with E-state index in [0.29, 0.717) is 0 Å². The summed E-state index contributed by atoms with van der Waals surface area (Å²) >= 11 is 1.41. The molecule has 0 saturated carbocycles. The number of nitrogens with one attached hydrogen (secondary N) is 1. The number of para-hydroxylation sites is 1. The first-order chi connectivity index (χ1) is 12.6. The van der Waals surface area contributed by atoms with Gasteiger partial charge in [-0.25, -0.2) is 0 Å². The van der Waals surface area contributed by atoms with Gasteiger partial charge < -0.3 is 9.88 Å². The van der Waals surface area contributed by atoms with Gasteiger partial charge in [0.1, 0.15) is 5.82 Å². The number of rotatable bonds is 6. The molecule has 5 nitrogen and oxygen atoms in total. The van der Waals surface area contributed by atoms with Gasteiger partial charge in [0, 0.05) is 24.7 Å². The van der Waals surface area contributed by atoms with E-state index in [0.717, 1.165) is 34.2 Å². The van der Waals surface area contributed by atoms with Crippen LogP contribution in [-0.2, 0) is 18.3 Å². The Morgan fingerprint density at radius 2 is 1.81 bits per heavy atom. The van der Waals surface area contributed by atoms with Gasteiger partial charge in [0.15, 0.2) is 5.16 Å². The van der Waals surface area contributed by atoms with Crippen molar-refractivity contribution in [2.75, 3.05) is 5.32 Å². The van der Waals surface area contributed by atoms with E-state index >= 15 is 0 Å². The first kappa shape index (κ1) is 18.2. The summed E-state index contributed by atoms with van der Waals surface area (Å²) in [6.07, 6.45) is 0.815. The number of nitrogens with zero attached hydrogens (tertiary/aromatic N) is 3. The molecule has 2 aromatic carbocycles. The summed E-state index contributed by atoms with van der Waals surface area (Å²) < 4.78 is 1.94. The normalized spacial score (nSPS) is 12.0. The fraction of sp³-hybridized carbons (Fsp3) is 0.250. The molecule has 1 N–H and O–H groups in total. The maximum atomic E-state index is 12.7. The highest BCUT2D eigenvalue weighted by Gasteiger charge is 2.19. The maximum Gasteiger partial charge on any atom is 0.237 e. The highest BCUT2D eigenvalue weighted by Crippen LogP contribution is 2.29. The third-order valence-corrected chi connectivity index (χ3v) is 5.30. The Kier molecular flexibility index (Phi) is 5.73. The van der Waals surface area contributed by atoms with Crippen molar-refractivity contribution in [2.45, 2.75) is 30.7 Å². The van der Waals surface area contributed by atoms with Crippen molar-refractivity contribution in [3.63, 3.8) is 0 Å². The Balaban J connectivity index is 1.75. The second kappa shape index (κ2) is 8.19. The molecule has 0 saturated heterocycles. The predicted octanol–water partition coefficient (Wildman–Crippen LogP) is 4.16. The molecular weight excluding hydrogens is 344 g/mol. The van der Waals surface area contributed by atoms with Crippen LogP contribution in [0.1, 0.15) is 19.7 Å². The molecule has 0 aliphatic rings. The minimum Gasteiger partial charge on any atom is -0.325 e. The van der Waals surface area contributed by atoms with Crippen molar-refractivity contribution in [1.82, 2.24) is 14.8 Å². The second-order valence-corrected chi connectivity index (χ2v) is 7.28. The molecule has 134 valence electrons. The van der Waals surface area contributed by atoms with Crippen molar-refractivity contribution in [3.8, 4) is 11.1 Å². The van der Waals surface area contributed by atoms with Gasteiger partial charge in [-0.3, -0.25) is 4.79 Å². The van der Waals surface area contributed by atoms with E-state index in [1.54, 1.807) is 0 Å². The smallest absolute Gasteiger partial charge is 0.237 e. The van der Waals surface area contributed by atoms with Crippen LogP contribution >= 0.6 is 11.8 Å². The van der Waals surface area contributed by atoms with Crippen molar-refractivity contribution >= 4 is 23.4 Å². The van der Waals surface area contributed by atoms with Gasteiger partial charge in [-0.15, -0.1) is 10.2 Å². The molecule has 0 bridgehead atoms. The molecule has 0 aliphatic carbocycles. The molecule has 0 spiro atoms. The first-order valence-corrected chi connectivity index (χ1v) is 9.48. The summed E-state index contributed by atoms with van der Waals surface area (Å²) in [5, 5.41) is 11.8. The summed E-state index contributed by atoms with van der Waals surface area (Å²) in [4.78, 5) is 12.7. The molecule has 26 heavy (non-hydrogen) atoms. The number of hydrogen-bond acceptors (Lipinski definition) is 4. The molecule has 1 unspecified atom stereocenters. The fourth-order valence-electron chi connectivity index (χ4n) is 2.66. The minimum absolute atomic E-state index is 0.0561. The number of anilines is 1. The zero-order valence-electron chi connectivity index (χ0n) is 15.1. The van der Waals surface area contributed by atoms with Crippen molar-refractivity contribution in [1.29, 1.82) is 0 Å². The van der Waals surface area contributed by atoms with E-state index in [1.807, 2.05) is 80.1 Å². The number of aryl methyl sites for hydroxylation is 1. The lowest BCUT2D eigenvalue weighted by atomic mass is 10.0. The third-order valence-electron chi connectivity index (χ3n) is 4.16. The molecule has 0 radical (unpaired) electrons. The number of carbonyl (C=O) groups is 1. The first-order valence-electron chi connectivity index (χ1n) is 8.60. The van der Waals surface area contributed by atoms with Crippen LogP contribution in [0.15, 0.2) is 59.8 Å². The number of hydrogen-bond donors (Lipinski definition) is 1. The Hall–Kier alpha value is -2.60. The Labute approximate surface area is 157 Å². The van der Waals surface area contributed by atoms with E-state index < -0.39 is 0 Å². The van der Waals surface area contributed by atoms with Gasteiger partial charge in [0.05, 0.1) is 5.25 Å². The highest BCUT2D eigenvalue weighted by molar-refractivity contribution is 8.00. The molecule has 0 fully saturated rings. The third kappa shape index (κ3) is 3.96.